The van der Waals surface area contributed by atoms with Crippen molar-refractivity contribution < 1.29 is 13.9 Å². The van der Waals surface area contributed by atoms with Gasteiger partial charge in [-0.3, -0.25) is 9.36 Å². The van der Waals surface area contributed by atoms with E-state index >= 15 is 0 Å². The predicted molar refractivity (Wildman–Crippen MR) is 121 cm³/mol. The molecule has 4 rings (SSSR count). The summed E-state index contributed by atoms with van der Waals surface area (Å²) < 4.78 is 21.3. The quantitative estimate of drug-likeness (QED) is 0.463. The minimum atomic E-state index is -0.586. The van der Waals surface area contributed by atoms with Crippen LogP contribution in [0.15, 0.2) is 45.8 Å². The second-order valence-electron chi connectivity index (χ2n) is 8.33. The van der Waals surface area contributed by atoms with Crippen LogP contribution in [0.1, 0.15) is 54.1 Å². The van der Waals surface area contributed by atoms with Gasteiger partial charge in [0.05, 0.1) is 6.54 Å². The molecule has 1 aliphatic carbocycles. The van der Waals surface area contributed by atoms with Gasteiger partial charge in [-0.15, -0.1) is 0 Å². The summed E-state index contributed by atoms with van der Waals surface area (Å²) in [6.45, 7) is 4.12. The first kappa shape index (κ1) is 21.7. The maximum atomic E-state index is 13.4. The van der Waals surface area contributed by atoms with Crippen molar-refractivity contribution in [3.05, 3.63) is 73.9 Å². The highest BCUT2D eigenvalue weighted by molar-refractivity contribution is 9.10. The van der Waals surface area contributed by atoms with Crippen LogP contribution >= 0.6 is 15.9 Å². The molecule has 1 aliphatic rings. The minimum Gasteiger partial charge on any atom is -0.459 e. The van der Waals surface area contributed by atoms with Gasteiger partial charge >= 0.3 is 5.97 Å². The van der Waals surface area contributed by atoms with E-state index in [1.807, 2.05) is 6.07 Å². The standard InChI is InChI=1S/C24H24BrFN2O3/c1-14-3-9-19(10-4-14)31-24(30)21-15(2)20-11-17(25)12-27-22(20)28(23(21)29)13-16-5-7-18(26)8-6-16/h5-8,11-12,14,19H,3-4,9-10,13H2,1-2H3. The molecular formula is C24H24BrFN2O3. The Balaban J connectivity index is 1.78. The zero-order valence-corrected chi connectivity index (χ0v) is 19.1. The third kappa shape index (κ3) is 4.56. The number of carbonyl (C=O) groups is 1. The lowest BCUT2D eigenvalue weighted by Gasteiger charge is -2.26. The number of nitrogens with zero attached hydrogens (tertiary/aromatic N) is 2. The van der Waals surface area contributed by atoms with Crippen LogP contribution in [0.5, 0.6) is 0 Å². The Kier molecular flexibility index (Phi) is 6.23. The number of aromatic nitrogens is 2. The summed E-state index contributed by atoms with van der Waals surface area (Å²) >= 11 is 3.42. The molecule has 2 aromatic heterocycles. The number of hydrogen-bond acceptors (Lipinski definition) is 4. The summed E-state index contributed by atoms with van der Waals surface area (Å²) in [6, 6.07) is 7.78. The molecule has 0 spiro atoms. The molecule has 0 saturated heterocycles. The summed E-state index contributed by atoms with van der Waals surface area (Å²) in [5.41, 5.74) is 1.35. The van der Waals surface area contributed by atoms with Gasteiger partial charge in [0.1, 0.15) is 23.1 Å². The number of halogens is 2. The topological polar surface area (TPSA) is 61.2 Å². The molecule has 1 saturated carbocycles. The maximum absolute atomic E-state index is 13.4. The van der Waals surface area contributed by atoms with Crippen LogP contribution in [0, 0.1) is 18.7 Å². The molecular weight excluding hydrogens is 463 g/mol. The first-order chi connectivity index (χ1) is 14.8. The van der Waals surface area contributed by atoms with Crippen molar-refractivity contribution in [1.29, 1.82) is 0 Å². The monoisotopic (exact) mass is 486 g/mol. The lowest BCUT2D eigenvalue weighted by Crippen LogP contribution is -2.32. The molecule has 0 aliphatic heterocycles. The van der Waals surface area contributed by atoms with E-state index in [1.54, 1.807) is 25.3 Å². The minimum absolute atomic E-state index is 0.0353. The van der Waals surface area contributed by atoms with Crippen LogP contribution in [0.4, 0.5) is 4.39 Å². The van der Waals surface area contributed by atoms with Crippen LogP contribution < -0.4 is 5.56 Å². The average Bonchev–Trinajstić information content (AvgIpc) is 2.74. The number of esters is 1. The lowest BCUT2D eigenvalue weighted by atomic mass is 9.89. The molecule has 0 atom stereocenters. The van der Waals surface area contributed by atoms with Crippen molar-refractivity contribution in [1.82, 2.24) is 9.55 Å². The summed E-state index contributed by atoms with van der Waals surface area (Å²) in [5, 5.41) is 0.695. The second-order valence-corrected chi connectivity index (χ2v) is 9.25. The van der Waals surface area contributed by atoms with E-state index < -0.39 is 11.5 Å². The molecule has 162 valence electrons. The number of pyridine rings is 2. The molecule has 3 aromatic rings. The number of aryl methyl sites for hydroxylation is 1. The molecule has 1 aromatic carbocycles. The molecule has 1 fully saturated rings. The maximum Gasteiger partial charge on any atom is 0.344 e. The van der Waals surface area contributed by atoms with Crippen molar-refractivity contribution in [3.8, 4) is 0 Å². The van der Waals surface area contributed by atoms with Gasteiger partial charge in [-0.25, -0.2) is 14.2 Å². The Morgan fingerprint density at radius 2 is 1.90 bits per heavy atom. The molecule has 5 nitrogen and oxygen atoms in total. The number of hydrogen-bond donors (Lipinski definition) is 0. The number of benzene rings is 1. The van der Waals surface area contributed by atoms with Crippen molar-refractivity contribution >= 4 is 32.9 Å². The third-order valence-corrected chi connectivity index (χ3v) is 6.46. The van der Waals surface area contributed by atoms with E-state index in [1.165, 1.54) is 16.7 Å². The van der Waals surface area contributed by atoms with E-state index in [0.29, 0.717) is 22.5 Å². The highest BCUT2D eigenvalue weighted by Crippen LogP contribution is 2.27. The van der Waals surface area contributed by atoms with Crippen LogP contribution in [0.25, 0.3) is 11.0 Å². The van der Waals surface area contributed by atoms with E-state index in [2.05, 4.69) is 27.8 Å². The normalized spacial score (nSPS) is 18.8. The van der Waals surface area contributed by atoms with E-state index in [4.69, 9.17) is 4.74 Å². The van der Waals surface area contributed by atoms with Gasteiger partial charge in [0, 0.05) is 16.1 Å². The number of rotatable bonds is 4. The van der Waals surface area contributed by atoms with Gasteiger partial charge in [-0.2, -0.15) is 0 Å². The Hall–Kier alpha value is -2.54. The van der Waals surface area contributed by atoms with Gasteiger partial charge in [-0.1, -0.05) is 19.1 Å². The van der Waals surface area contributed by atoms with Crippen molar-refractivity contribution in [2.45, 2.75) is 52.2 Å². The van der Waals surface area contributed by atoms with Gasteiger partial charge < -0.3 is 4.74 Å². The molecule has 0 N–H and O–H groups in total. The van der Waals surface area contributed by atoms with Crippen LogP contribution in [0.3, 0.4) is 0 Å². The number of carbonyl (C=O) groups excluding carboxylic acids is 1. The molecule has 0 bridgehead atoms. The molecule has 31 heavy (non-hydrogen) atoms. The average molecular weight is 487 g/mol. The van der Waals surface area contributed by atoms with E-state index in [-0.39, 0.29) is 24.0 Å². The smallest absolute Gasteiger partial charge is 0.344 e. The first-order valence-electron chi connectivity index (χ1n) is 10.5. The summed E-state index contributed by atoms with van der Waals surface area (Å²) in [6.07, 6.45) is 5.11. The van der Waals surface area contributed by atoms with E-state index in [9.17, 15) is 14.0 Å². The highest BCUT2D eigenvalue weighted by atomic mass is 79.9. The molecule has 0 amide bonds. The molecule has 0 radical (unpaired) electrons. The number of fused-ring (bicyclic) bond motifs is 1. The SMILES string of the molecule is Cc1c(C(=O)OC2CCC(C)CC2)c(=O)n(Cc2ccc(F)cc2)c2ncc(Br)cc12. The Bertz CT molecular complexity index is 1180. The van der Waals surface area contributed by atoms with Crippen LogP contribution in [0.2, 0.25) is 0 Å². The zero-order chi connectivity index (χ0) is 22.1. The fourth-order valence-corrected chi connectivity index (χ4v) is 4.50. The van der Waals surface area contributed by atoms with Gasteiger partial charge in [-0.05, 0) is 83.8 Å². The Labute approximate surface area is 188 Å². The Morgan fingerprint density at radius 3 is 2.58 bits per heavy atom. The first-order valence-corrected chi connectivity index (χ1v) is 11.3. The van der Waals surface area contributed by atoms with Gasteiger partial charge in [0.2, 0.25) is 0 Å². The fraction of sp³-hybridized carbons (Fsp3) is 0.375. The van der Waals surface area contributed by atoms with Crippen molar-refractivity contribution in [2.75, 3.05) is 0 Å². The fourth-order valence-electron chi connectivity index (χ4n) is 4.17. The molecule has 0 unspecified atom stereocenters. The third-order valence-electron chi connectivity index (χ3n) is 6.02. The summed E-state index contributed by atoms with van der Waals surface area (Å²) in [4.78, 5) is 31.0. The van der Waals surface area contributed by atoms with Gasteiger partial charge in [0.25, 0.3) is 5.56 Å². The Morgan fingerprint density at radius 1 is 1.23 bits per heavy atom. The second kappa shape index (κ2) is 8.91. The zero-order valence-electron chi connectivity index (χ0n) is 17.5. The lowest BCUT2D eigenvalue weighted by molar-refractivity contribution is 0.0170. The van der Waals surface area contributed by atoms with E-state index in [0.717, 1.165) is 35.7 Å². The van der Waals surface area contributed by atoms with Crippen molar-refractivity contribution in [3.63, 3.8) is 0 Å². The predicted octanol–water partition coefficient (Wildman–Crippen LogP) is 5.39. The molecule has 7 heteroatoms. The molecule has 2 heterocycles. The van der Waals surface area contributed by atoms with Crippen LogP contribution in [-0.4, -0.2) is 21.6 Å². The number of ether oxygens (including phenoxy) is 1. The summed E-state index contributed by atoms with van der Waals surface area (Å²) in [5.74, 6) is -0.302. The van der Waals surface area contributed by atoms with Crippen molar-refractivity contribution in [2.24, 2.45) is 5.92 Å². The highest BCUT2D eigenvalue weighted by Gasteiger charge is 2.27. The van der Waals surface area contributed by atoms with Crippen LogP contribution in [-0.2, 0) is 11.3 Å². The summed E-state index contributed by atoms with van der Waals surface area (Å²) in [7, 11) is 0. The largest absolute Gasteiger partial charge is 0.459 e. The van der Waals surface area contributed by atoms with Gasteiger partial charge in [0.15, 0.2) is 0 Å².